The van der Waals surface area contributed by atoms with Crippen LogP contribution in [-0.4, -0.2) is 22.7 Å². The van der Waals surface area contributed by atoms with Crippen molar-refractivity contribution in [2.45, 2.75) is 22.6 Å². The normalized spacial score (nSPS) is 13.6. The van der Waals surface area contributed by atoms with Crippen LogP contribution in [0, 0.1) is 11.3 Å². The van der Waals surface area contributed by atoms with Crippen molar-refractivity contribution in [2.75, 3.05) is 6.61 Å². The second kappa shape index (κ2) is 7.53. The average Bonchev–Trinajstić information content (AvgIpc) is 3.02. The lowest BCUT2D eigenvalue weighted by Gasteiger charge is -2.19. The van der Waals surface area contributed by atoms with Gasteiger partial charge in [0, 0.05) is 27.9 Å². The summed E-state index contributed by atoms with van der Waals surface area (Å²) in [5.74, 6) is 0. The maximum atomic E-state index is 9.22. The summed E-state index contributed by atoms with van der Waals surface area (Å²) >= 11 is 7.47. The predicted octanol–water partition coefficient (Wildman–Crippen LogP) is 3.08. The summed E-state index contributed by atoms with van der Waals surface area (Å²) in [4.78, 5) is 4.02. The van der Waals surface area contributed by atoms with Crippen LogP contribution in [0.15, 0.2) is 41.4 Å². The molecule has 4 nitrogen and oxygen atoms in total. The van der Waals surface area contributed by atoms with Crippen LogP contribution < -0.4 is 5.73 Å². The molecule has 1 aromatic heterocycles. The number of benzene rings is 1. The van der Waals surface area contributed by atoms with Gasteiger partial charge < -0.3 is 15.8 Å². The molecule has 0 spiro atoms. The summed E-state index contributed by atoms with van der Waals surface area (Å²) < 4.78 is 0. The van der Waals surface area contributed by atoms with Crippen LogP contribution in [0.4, 0.5) is 0 Å². The van der Waals surface area contributed by atoms with E-state index in [4.69, 9.17) is 17.3 Å². The van der Waals surface area contributed by atoms with E-state index >= 15 is 0 Å². The number of aliphatic hydroxyl groups is 1. The summed E-state index contributed by atoms with van der Waals surface area (Å²) in [6.45, 7) is -0.0660. The highest BCUT2D eigenvalue weighted by Gasteiger charge is 2.19. The molecule has 2 atom stereocenters. The Bertz CT molecular complexity index is 624. The molecule has 2 aromatic rings. The molecule has 6 heteroatoms. The van der Waals surface area contributed by atoms with Gasteiger partial charge in [0.25, 0.3) is 0 Å². The highest BCUT2D eigenvalue weighted by atomic mass is 35.5. The number of nitriles is 1. The topological polar surface area (TPSA) is 85.8 Å². The van der Waals surface area contributed by atoms with E-state index in [0.717, 1.165) is 10.6 Å². The smallest absolute Gasteiger partial charge is 0.100 e. The SMILES string of the molecule is N#Cc1cc(Cl)ccc1S[C@H](C[C@H](N)CO)c1ccc[nH]1. The second-order valence-electron chi connectivity index (χ2n) is 4.66. The van der Waals surface area contributed by atoms with Crippen LogP contribution in [0.5, 0.6) is 0 Å². The van der Waals surface area contributed by atoms with Gasteiger partial charge in [-0.1, -0.05) is 11.6 Å². The Kier molecular flexibility index (Phi) is 5.71. The summed E-state index contributed by atoms with van der Waals surface area (Å²) in [5, 5.41) is 19.0. The number of nitrogens with one attached hydrogen (secondary N) is 1. The number of hydrogen-bond acceptors (Lipinski definition) is 4. The van der Waals surface area contributed by atoms with Crippen LogP contribution in [-0.2, 0) is 0 Å². The van der Waals surface area contributed by atoms with E-state index in [-0.39, 0.29) is 17.9 Å². The maximum absolute atomic E-state index is 9.22. The Hall–Kier alpha value is -1.45. The maximum Gasteiger partial charge on any atom is 0.100 e. The largest absolute Gasteiger partial charge is 0.395 e. The molecule has 0 aliphatic carbocycles. The monoisotopic (exact) mass is 321 g/mol. The van der Waals surface area contributed by atoms with Crippen LogP contribution in [0.1, 0.15) is 22.9 Å². The predicted molar refractivity (Wildman–Crippen MR) is 85.2 cm³/mol. The average molecular weight is 322 g/mol. The molecule has 0 saturated carbocycles. The highest BCUT2D eigenvalue weighted by molar-refractivity contribution is 7.99. The molecule has 4 N–H and O–H groups in total. The number of aromatic amines is 1. The zero-order chi connectivity index (χ0) is 15.2. The minimum Gasteiger partial charge on any atom is -0.395 e. The Balaban J connectivity index is 2.25. The number of thioether (sulfide) groups is 1. The number of halogens is 1. The summed E-state index contributed by atoms with van der Waals surface area (Å²) in [6.07, 6.45) is 2.45. The van der Waals surface area contributed by atoms with Crippen LogP contribution in [0.25, 0.3) is 0 Å². The number of nitrogens with two attached hydrogens (primary N) is 1. The Labute approximate surface area is 132 Å². The first-order valence-corrected chi connectivity index (χ1v) is 7.76. The molecule has 0 radical (unpaired) electrons. The van der Waals surface area contributed by atoms with Gasteiger partial charge in [0.05, 0.1) is 17.4 Å². The van der Waals surface area contributed by atoms with E-state index in [0.29, 0.717) is 17.0 Å². The Morgan fingerprint density at radius 3 is 2.86 bits per heavy atom. The van der Waals surface area contributed by atoms with Gasteiger partial charge in [-0.3, -0.25) is 0 Å². The molecule has 0 aliphatic rings. The molecular formula is C15H16ClN3OS. The minimum atomic E-state index is -0.302. The first kappa shape index (κ1) is 15.9. The fraction of sp³-hybridized carbons (Fsp3) is 0.267. The van der Waals surface area contributed by atoms with E-state index in [2.05, 4.69) is 11.1 Å². The third-order valence-electron chi connectivity index (χ3n) is 3.05. The van der Waals surface area contributed by atoms with Gasteiger partial charge >= 0.3 is 0 Å². The van der Waals surface area contributed by atoms with Gasteiger partial charge in [0.1, 0.15) is 6.07 Å². The van der Waals surface area contributed by atoms with Gasteiger partial charge in [-0.2, -0.15) is 5.26 Å². The van der Waals surface area contributed by atoms with Crippen molar-refractivity contribution in [2.24, 2.45) is 5.73 Å². The van der Waals surface area contributed by atoms with Gasteiger partial charge in [-0.25, -0.2) is 0 Å². The van der Waals surface area contributed by atoms with Crippen molar-refractivity contribution in [3.8, 4) is 6.07 Å². The minimum absolute atomic E-state index is 0.0374. The molecule has 1 aromatic carbocycles. The van der Waals surface area contributed by atoms with Crippen LogP contribution >= 0.6 is 23.4 Å². The van der Waals surface area contributed by atoms with Crippen LogP contribution in [0.3, 0.4) is 0 Å². The summed E-state index contributed by atoms with van der Waals surface area (Å²) in [5.41, 5.74) is 7.42. The number of nitrogens with zero attached hydrogens (tertiary/aromatic N) is 1. The molecule has 0 bridgehead atoms. The van der Waals surface area contributed by atoms with E-state index in [1.54, 1.807) is 23.9 Å². The van der Waals surface area contributed by atoms with Gasteiger partial charge in [0.15, 0.2) is 0 Å². The highest BCUT2D eigenvalue weighted by Crippen LogP contribution is 2.39. The number of H-pyrrole nitrogens is 1. The van der Waals surface area contributed by atoms with E-state index in [1.165, 1.54) is 0 Å². The zero-order valence-corrected chi connectivity index (χ0v) is 12.9. The first-order chi connectivity index (χ1) is 10.1. The van der Waals surface area contributed by atoms with Gasteiger partial charge in [-0.05, 0) is 36.8 Å². The number of rotatable bonds is 6. The molecule has 0 fully saturated rings. The van der Waals surface area contributed by atoms with Crippen molar-refractivity contribution in [1.82, 2.24) is 4.98 Å². The van der Waals surface area contributed by atoms with E-state index in [1.807, 2.05) is 24.4 Å². The van der Waals surface area contributed by atoms with Crippen molar-refractivity contribution in [3.05, 3.63) is 52.8 Å². The van der Waals surface area contributed by atoms with Crippen molar-refractivity contribution >= 4 is 23.4 Å². The third-order valence-corrected chi connectivity index (χ3v) is 4.63. The lowest BCUT2D eigenvalue weighted by Crippen LogP contribution is -2.26. The van der Waals surface area contributed by atoms with Crippen LogP contribution in [0.2, 0.25) is 5.02 Å². The van der Waals surface area contributed by atoms with Crippen molar-refractivity contribution in [3.63, 3.8) is 0 Å². The molecule has 21 heavy (non-hydrogen) atoms. The Morgan fingerprint density at radius 2 is 2.24 bits per heavy atom. The molecule has 0 unspecified atom stereocenters. The van der Waals surface area contributed by atoms with Crippen molar-refractivity contribution in [1.29, 1.82) is 5.26 Å². The lowest BCUT2D eigenvalue weighted by atomic mass is 10.1. The fourth-order valence-corrected chi connectivity index (χ4v) is 3.45. The molecule has 110 valence electrons. The van der Waals surface area contributed by atoms with Gasteiger partial charge in [0.2, 0.25) is 0 Å². The molecule has 2 rings (SSSR count). The molecule has 0 amide bonds. The van der Waals surface area contributed by atoms with E-state index < -0.39 is 0 Å². The molecule has 0 aliphatic heterocycles. The first-order valence-electron chi connectivity index (χ1n) is 6.50. The molecule has 0 saturated heterocycles. The number of aromatic nitrogens is 1. The second-order valence-corrected chi connectivity index (χ2v) is 6.34. The fourth-order valence-electron chi connectivity index (χ4n) is 1.98. The van der Waals surface area contributed by atoms with Gasteiger partial charge in [-0.15, -0.1) is 11.8 Å². The molecule has 1 heterocycles. The summed E-state index contributed by atoms with van der Waals surface area (Å²) in [7, 11) is 0. The lowest BCUT2D eigenvalue weighted by molar-refractivity contribution is 0.259. The van der Waals surface area contributed by atoms with E-state index in [9.17, 15) is 10.4 Å². The summed E-state index contributed by atoms with van der Waals surface area (Å²) in [6, 6.07) is 11.0. The quantitative estimate of drug-likeness (QED) is 0.714. The number of hydrogen-bond donors (Lipinski definition) is 3. The molecular weight excluding hydrogens is 306 g/mol. The zero-order valence-electron chi connectivity index (χ0n) is 11.3. The standard InChI is InChI=1S/C15H16ClN3OS/c16-11-3-4-14(10(6-11)8-17)21-15(7-12(18)9-20)13-2-1-5-19-13/h1-6,12,15,19-20H,7,9,18H2/t12-,15+/m0/s1. The third kappa shape index (κ3) is 4.26. The number of aliphatic hydroxyl groups excluding tert-OH is 1. The van der Waals surface area contributed by atoms with Crippen molar-refractivity contribution < 1.29 is 5.11 Å². The Morgan fingerprint density at radius 1 is 1.43 bits per heavy atom.